The number of likely N-dealkylation sites (tertiary alicyclic amines) is 1. The van der Waals surface area contributed by atoms with Crippen molar-refractivity contribution in [1.82, 2.24) is 24.7 Å². The molecule has 27 heavy (non-hydrogen) atoms. The maximum absolute atomic E-state index is 4.48. The van der Waals surface area contributed by atoms with Crippen LogP contribution in [0.5, 0.6) is 0 Å². The third-order valence-corrected chi connectivity index (χ3v) is 5.74. The second-order valence-corrected chi connectivity index (χ2v) is 7.61. The van der Waals surface area contributed by atoms with Crippen LogP contribution in [0.25, 0.3) is 5.65 Å². The summed E-state index contributed by atoms with van der Waals surface area (Å²) in [7, 11) is 0. The summed E-state index contributed by atoms with van der Waals surface area (Å²) in [5.74, 6) is 0.793. The molecule has 1 aliphatic heterocycles. The monoisotopic (exact) mass is 364 g/mol. The standard InChI is InChI=1S/C21H28N6/c1-16-17(2)25-27-15-23-24-21(27)20(16)22-11-8-18-9-12-26(13-10-18)14-19-6-4-3-5-7-19/h3-7,15,18,22H,8-14H2,1-2H3. The number of nitrogens with one attached hydrogen (secondary N) is 1. The van der Waals surface area contributed by atoms with Gasteiger partial charge in [-0.15, -0.1) is 10.2 Å². The van der Waals surface area contributed by atoms with Crippen LogP contribution in [-0.2, 0) is 6.54 Å². The van der Waals surface area contributed by atoms with Crippen LogP contribution >= 0.6 is 0 Å². The summed E-state index contributed by atoms with van der Waals surface area (Å²) in [5.41, 5.74) is 5.47. The van der Waals surface area contributed by atoms with Gasteiger partial charge in [0.1, 0.15) is 6.33 Å². The molecule has 0 atom stereocenters. The number of aromatic nitrogens is 4. The summed E-state index contributed by atoms with van der Waals surface area (Å²) in [6, 6.07) is 10.8. The maximum atomic E-state index is 4.48. The van der Waals surface area contributed by atoms with E-state index in [1.807, 2.05) is 6.92 Å². The zero-order valence-corrected chi connectivity index (χ0v) is 16.2. The number of anilines is 1. The number of hydrogen-bond acceptors (Lipinski definition) is 5. The molecule has 0 bridgehead atoms. The first-order valence-electron chi connectivity index (χ1n) is 9.88. The van der Waals surface area contributed by atoms with Gasteiger partial charge in [0.2, 0.25) is 5.65 Å². The highest BCUT2D eigenvalue weighted by Gasteiger charge is 2.19. The smallest absolute Gasteiger partial charge is 0.200 e. The first kappa shape index (κ1) is 17.9. The summed E-state index contributed by atoms with van der Waals surface area (Å²) in [4.78, 5) is 2.58. The van der Waals surface area contributed by atoms with Gasteiger partial charge in [0.25, 0.3) is 0 Å². The van der Waals surface area contributed by atoms with Crippen LogP contribution < -0.4 is 5.32 Å². The van der Waals surface area contributed by atoms with E-state index >= 15 is 0 Å². The lowest BCUT2D eigenvalue weighted by molar-refractivity contribution is 0.174. The largest absolute Gasteiger partial charge is 0.382 e. The Hall–Kier alpha value is -2.47. The molecule has 0 unspecified atom stereocenters. The maximum Gasteiger partial charge on any atom is 0.200 e. The van der Waals surface area contributed by atoms with Gasteiger partial charge >= 0.3 is 0 Å². The Kier molecular flexibility index (Phi) is 5.34. The Bertz CT molecular complexity index is 880. The van der Waals surface area contributed by atoms with Crippen molar-refractivity contribution in [3.05, 3.63) is 53.5 Å². The van der Waals surface area contributed by atoms with Crippen molar-refractivity contribution in [2.45, 2.75) is 39.7 Å². The Labute approximate surface area is 160 Å². The SMILES string of the molecule is Cc1nn2cnnc2c(NCCC2CCN(Cc3ccccc3)CC2)c1C. The van der Waals surface area contributed by atoms with E-state index in [1.165, 1.54) is 37.9 Å². The van der Waals surface area contributed by atoms with Crippen LogP contribution in [0.3, 0.4) is 0 Å². The third kappa shape index (κ3) is 4.11. The van der Waals surface area contributed by atoms with Gasteiger partial charge in [0, 0.05) is 13.1 Å². The minimum Gasteiger partial charge on any atom is -0.382 e. The zero-order chi connectivity index (χ0) is 18.6. The van der Waals surface area contributed by atoms with E-state index < -0.39 is 0 Å². The Morgan fingerprint density at radius 1 is 1.11 bits per heavy atom. The molecular formula is C21H28N6. The predicted molar refractivity (Wildman–Crippen MR) is 108 cm³/mol. The summed E-state index contributed by atoms with van der Waals surface area (Å²) >= 11 is 0. The lowest BCUT2D eigenvalue weighted by Gasteiger charge is -2.32. The molecule has 4 rings (SSSR count). The molecule has 6 heteroatoms. The first-order valence-corrected chi connectivity index (χ1v) is 9.88. The molecular weight excluding hydrogens is 336 g/mol. The second-order valence-electron chi connectivity index (χ2n) is 7.61. The molecule has 2 aromatic heterocycles. The lowest BCUT2D eigenvalue weighted by atomic mass is 9.93. The van der Waals surface area contributed by atoms with Crippen molar-refractivity contribution in [2.75, 3.05) is 25.0 Å². The van der Waals surface area contributed by atoms with Gasteiger partial charge in [-0.05, 0) is 63.2 Å². The highest BCUT2D eigenvalue weighted by molar-refractivity contribution is 5.71. The number of fused-ring (bicyclic) bond motifs is 1. The Morgan fingerprint density at radius 2 is 1.89 bits per heavy atom. The van der Waals surface area contributed by atoms with Gasteiger partial charge in [0.15, 0.2) is 0 Å². The van der Waals surface area contributed by atoms with Crippen molar-refractivity contribution in [2.24, 2.45) is 5.92 Å². The Balaban J connectivity index is 1.27. The number of benzene rings is 1. The second kappa shape index (κ2) is 8.05. The van der Waals surface area contributed by atoms with Crippen LogP contribution in [0.2, 0.25) is 0 Å². The van der Waals surface area contributed by atoms with Crippen molar-refractivity contribution < 1.29 is 0 Å². The molecule has 3 aromatic rings. The first-order chi connectivity index (χ1) is 13.2. The van der Waals surface area contributed by atoms with E-state index in [0.29, 0.717) is 0 Å². The van der Waals surface area contributed by atoms with Crippen LogP contribution in [0.15, 0.2) is 36.7 Å². The molecule has 3 heterocycles. The topological polar surface area (TPSA) is 58.4 Å². The van der Waals surface area contributed by atoms with E-state index in [-0.39, 0.29) is 0 Å². The number of hydrogen-bond donors (Lipinski definition) is 1. The van der Waals surface area contributed by atoms with Crippen molar-refractivity contribution in [3.63, 3.8) is 0 Å². The van der Waals surface area contributed by atoms with Crippen LogP contribution in [0.4, 0.5) is 5.69 Å². The van der Waals surface area contributed by atoms with E-state index in [0.717, 1.165) is 41.6 Å². The quantitative estimate of drug-likeness (QED) is 0.726. The van der Waals surface area contributed by atoms with Crippen molar-refractivity contribution in [1.29, 1.82) is 0 Å². The number of nitrogens with zero attached hydrogens (tertiary/aromatic N) is 5. The molecule has 0 amide bonds. The fraction of sp³-hybridized carbons (Fsp3) is 0.476. The van der Waals surface area contributed by atoms with Gasteiger partial charge < -0.3 is 5.32 Å². The number of aryl methyl sites for hydroxylation is 1. The molecule has 6 nitrogen and oxygen atoms in total. The predicted octanol–water partition coefficient (Wildman–Crippen LogP) is 3.46. The molecule has 0 radical (unpaired) electrons. The number of rotatable bonds is 6. The number of piperidine rings is 1. The molecule has 1 N–H and O–H groups in total. The summed E-state index contributed by atoms with van der Waals surface area (Å²) < 4.78 is 1.76. The van der Waals surface area contributed by atoms with Gasteiger partial charge in [0.05, 0.1) is 11.4 Å². The molecule has 1 aromatic carbocycles. The summed E-state index contributed by atoms with van der Waals surface area (Å²) in [5, 5.41) is 16.3. The molecule has 1 aliphatic rings. The van der Waals surface area contributed by atoms with Crippen molar-refractivity contribution in [3.8, 4) is 0 Å². The molecule has 1 fully saturated rings. The zero-order valence-electron chi connectivity index (χ0n) is 16.2. The van der Waals surface area contributed by atoms with Gasteiger partial charge in [-0.3, -0.25) is 4.90 Å². The summed E-state index contributed by atoms with van der Waals surface area (Å²) in [6.45, 7) is 8.56. The van der Waals surface area contributed by atoms with Crippen LogP contribution in [0, 0.1) is 19.8 Å². The minimum absolute atomic E-state index is 0.793. The molecule has 0 saturated carbocycles. The van der Waals surface area contributed by atoms with E-state index in [2.05, 4.69) is 62.8 Å². The summed E-state index contributed by atoms with van der Waals surface area (Å²) in [6.07, 6.45) is 5.42. The van der Waals surface area contributed by atoms with Gasteiger partial charge in [-0.2, -0.15) is 9.61 Å². The fourth-order valence-corrected chi connectivity index (χ4v) is 3.94. The molecule has 1 saturated heterocycles. The Morgan fingerprint density at radius 3 is 2.67 bits per heavy atom. The van der Waals surface area contributed by atoms with E-state index in [9.17, 15) is 0 Å². The highest BCUT2D eigenvalue weighted by Crippen LogP contribution is 2.24. The average Bonchev–Trinajstić information content (AvgIpc) is 3.15. The minimum atomic E-state index is 0.793. The average molecular weight is 364 g/mol. The van der Waals surface area contributed by atoms with Crippen LogP contribution in [0.1, 0.15) is 36.1 Å². The highest BCUT2D eigenvalue weighted by atomic mass is 15.3. The lowest BCUT2D eigenvalue weighted by Crippen LogP contribution is -2.33. The molecule has 0 aliphatic carbocycles. The van der Waals surface area contributed by atoms with Gasteiger partial charge in [-0.25, -0.2) is 0 Å². The molecule has 142 valence electrons. The van der Waals surface area contributed by atoms with Gasteiger partial charge in [-0.1, -0.05) is 30.3 Å². The normalized spacial score (nSPS) is 16.1. The van der Waals surface area contributed by atoms with E-state index in [1.54, 1.807) is 10.8 Å². The van der Waals surface area contributed by atoms with Crippen molar-refractivity contribution >= 4 is 11.3 Å². The fourth-order valence-electron chi connectivity index (χ4n) is 3.94. The van der Waals surface area contributed by atoms with E-state index in [4.69, 9.17) is 0 Å². The molecule has 0 spiro atoms. The third-order valence-electron chi connectivity index (χ3n) is 5.74. The van der Waals surface area contributed by atoms with Crippen LogP contribution in [-0.4, -0.2) is 44.3 Å².